The van der Waals surface area contributed by atoms with Crippen molar-refractivity contribution in [1.82, 2.24) is 15.0 Å². The highest BCUT2D eigenvalue weighted by atomic mass is 35.5. The van der Waals surface area contributed by atoms with Gasteiger partial charge in [0.25, 0.3) is 0 Å². The Kier molecular flexibility index (Phi) is 4.92. The maximum atomic E-state index is 14.4. The van der Waals surface area contributed by atoms with E-state index in [1.807, 2.05) is 0 Å². The monoisotopic (exact) mass is 398 g/mol. The summed E-state index contributed by atoms with van der Waals surface area (Å²) >= 11 is 6.03. The number of pyridine rings is 1. The molecule has 1 aliphatic carbocycles. The Morgan fingerprint density at radius 3 is 2.82 bits per heavy atom. The average molecular weight is 399 g/mol. The van der Waals surface area contributed by atoms with Gasteiger partial charge in [-0.2, -0.15) is 0 Å². The minimum absolute atomic E-state index is 0.0288. The van der Waals surface area contributed by atoms with Crippen LogP contribution < -0.4 is 5.32 Å². The molecule has 1 aromatic carbocycles. The molecule has 4 rings (SSSR count). The third-order valence-electron chi connectivity index (χ3n) is 4.66. The third-order valence-corrected chi connectivity index (χ3v) is 4.89. The second-order valence-corrected chi connectivity index (χ2v) is 6.94. The smallest absolute Gasteiger partial charge is 0.339 e. The summed E-state index contributed by atoms with van der Waals surface area (Å²) in [5, 5.41) is 12.9. The van der Waals surface area contributed by atoms with Crippen LogP contribution in [0.2, 0.25) is 5.02 Å². The van der Waals surface area contributed by atoms with Gasteiger partial charge >= 0.3 is 5.97 Å². The van der Waals surface area contributed by atoms with Crippen LogP contribution in [0.5, 0.6) is 0 Å². The van der Waals surface area contributed by atoms with Gasteiger partial charge in [0.15, 0.2) is 5.82 Å². The predicted molar refractivity (Wildman–Crippen MR) is 104 cm³/mol. The van der Waals surface area contributed by atoms with E-state index in [1.54, 1.807) is 6.07 Å². The van der Waals surface area contributed by atoms with Gasteiger partial charge in [0.2, 0.25) is 0 Å². The number of carbonyl (C=O) groups is 1. The highest BCUT2D eigenvalue weighted by molar-refractivity contribution is 6.30. The zero-order valence-electron chi connectivity index (χ0n) is 14.7. The molecular weight excluding hydrogens is 383 g/mol. The van der Waals surface area contributed by atoms with Crippen molar-refractivity contribution < 1.29 is 14.3 Å². The standard InChI is InChI=1S/C20H16ClFN4O2/c21-11-5-6-15(22)13(9-11)19-24-16-4-2-1-3-12(16)18(26-19)25-17-7-8-23-10-14(17)20(27)28/h5-10H,1-4H2,(H,27,28)(H,23,24,25,26). The lowest BCUT2D eigenvalue weighted by molar-refractivity contribution is 0.0697. The number of aromatic nitrogens is 3. The molecule has 0 aliphatic heterocycles. The van der Waals surface area contributed by atoms with Crippen LogP contribution in [0.15, 0.2) is 36.7 Å². The minimum Gasteiger partial charge on any atom is -0.478 e. The quantitative estimate of drug-likeness (QED) is 0.665. The molecule has 2 N–H and O–H groups in total. The number of carboxylic acids is 1. The van der Waals surface area contributed by atoms with Gasteiger partial charge in [0.05, 0.1) is 11.3 Å². The average Bonchev–Trinajstić information content (AvgIpc) is 2.70. The molecule has 0 amide bonds. The fourth-order valence-electron chi connectivity index (χ4n) is 3.29. The number of hydrogen-bond acceptors (Lipinski definition) is 5. The number of hydrogen-bond donors (Lipinski definition) is 2. The summed E-state index contributed by atoms with van der Waals surface area (Å²) < 4.78 is 14.4. The van der Waals surface area contributed by atoms with Gasteiger partial charge in [-0.3, -0.25) is 4.98 Å². The Bertz CT molecular complexity index is 1070. The second-order valence-electron chi connectivity index (χ2n) is 6.50. The van der Waals surface area contributed by atoms with E-state index in [-0.39, 0.29) is 17.0 Å². The number of rotatable bonds is 4. The molecule has 0 atom stereocenters. The van der Waals surface area contributed by atoms with E-state index in [1.165, 1.54) is 30.6 Å². The van der Waals surface area contributed by atoms with Gasteiger partial charge in [-0.25, -0.2) is 19.2 Å². The third kappa shape index (κ3) is 3.53. The van der Waals surface area contributed by atoms with Crippen molar-refractivity contribution in [2.45, 2.75) is 25.7 Å². The SMILES string of the molecule is O=C(O)c1cnccc1Nc1nc(-c2cc(Cl)ccc2F)nc2c1CCCC2. The van der Waals surface area contributed by atoms with Crippen LogP contribution >= 0.6 is 11.6 Å². The number of nitrogens with one attached hydrogen (secondary N) is 1. The van der Waals surface area contributed by atoms with Crippen molar-refractivity contribution >= 4 is 29.1 Å². The largest absolute Gasteiger partial charge is 0.478 e. The molecule has 142 valence electrons. The summed E-state index contributed by atoms with van der Waals surface area (Å²) in [4.78, 5) is 24.4. The van der Waals surface area contributed by atoms with Crippen LogP contribution in [-0.4, -0.2) is 26.0 Å². The number of carboxylic acid groups (broad SMARTS) is 1. The van der Waals surface area contributed by atoms with Crippen LogP contribution in [0, 0.1) is 5.82 Å². The van der Waals surface area contributed by atoms with Crippen LogP contribution in [0.1, 0.15) is 34.5 Å². The fourth-order valence-corrected chi connectivity index (χ4v) is 3.46. The maximum Gasteiger partial charge on any atom is 0.339 e. The summed E-state index contributed by atoms with van der Waals surface area (Å²) in [7, 11) is 0. The second kappa shape index (κ2) is 7.52. The van der Waals surface area contributed by atoms with Crippen molar-refractivity contribution in [2.75, 3.05) is 5.32 Å². The molecule has 0 saturated carbocycles. The number of nitrogens with zero attached hydrogens (tertiary/aromatic N) is 3. The summed E-state index contributed by atoms with van der Waals surface area (Å²) in [5.41, 5.74) is 2.36. The predicted octanol–water partition coefficient (Wildman–Crippen LogP) is 4.65. The molecule has 2 heterocycles. The van der Waals surface area contributed by atoms with E-state index < -0.39 is 11.8 Å². The van der Waals surface area contributed by atoms with Crippen molar-refractivity contribution in [2.24, 2.45) is 0 Å². The van der Waals surface area contributed by atoms with Gasteiger partial charge in [-0.15, -0.1) is 0 Å². The van der Waals surface area contributed by atoms with E-state index >= 15 is 0 Å². The molecule has 0 radical (unpaired) electrons. The van der Waals surface area contributed by atoms with E-state index in [0.29, 0.717) is 16.5 Å². The lowest BCUT2D eigenvalue weighted by Gasteiger charge is -2.20. The molecule has 3 aromatic rings. The molecule has 0 fully saturated rings. The topological polar surface area (TPSA) is 88.0 Å². The van der Waals surface area contributed by atoms with Crippen LogP contribution in [0.25, 0.3) is 11.4 Å². The van der Waals surface area contributed by atoms with E-state index in [4.69, 9.17) is 11.6 Å². The first kappa shape index (κ1) is 18.3. The zero-order valence-corrected chi connectivity index (χ0v) is 15.5. The molecule has 0 unspecified atom stereocenters. The Labute approximate surface area is 165 Å². The summed E-state index contributed by atoms with van der Waals surface area (Å²) in [6.07, 6.45) is 6.26. The van der Waals surface area contributed by atoms with Gasteiger partial charge < -0.3 is 10.4 Å². The normalized spacial score (nSPS) is 13.1. The number of aromatic carboxylic acids is 1. The summed E-state index contributed by atoms with van der Waals surface area (Å²) in [6.45, 7) is 0. The highest BCUT2D eigenvalue weighted by Crippen LogP contribution is 2.32. The van der Waals surface area contributed by atoms with Crippen molar-refractivity contribution in [3.63, 3.8) is 0 Å². The summed E-state index contributed by atoms with van der Waals surface area (Å²) in [6, 6.07) is 5.80. The molecule has 8 heteroatoms. The Balaban J connectivity index is 1.85. The lowest BCUT2D eigenvalue weighted by Crippen LogP contribution is -2.13. The molecule has 0 bridgehead atoms. The van der Waals surface area contributed by atoms with Gasteiger partial charge in [0.1, 0.15) is 17.2 Å². The van der Waals surface area contributed by atoms with E-state index in [0.717, 1.165) is 36.9 Å². The molecule has 6 nitrogen and oxygen atoms in total. The number of aryl methyl sites for hydroxylation is 1. The number of halogens is 2. The van der Waals surface area contributed by atoms with Crippen LogP contribution in [0.4, 0.5) is 15.9 Å². The van der Waals surface area contributed by atoms with Crippen LogP contribution in [-0.2, 0) is 12.8 Å². The first-order valence-electron chi connectivity index (χ1n) is 8.82. The molecule has 0 spiro atoms. The molecule has 0 saturated heterocycles. The van der Waals surface area contributed by atoms with Gasteiger partial charge in [-0.1, -0.05) is 11.6 Å². The molecule has 1 aliphatic rings. The molecule has 2 aromatic heterocycles. The van der Waals surface area contributed by atoms with E-state index in [2.05, 4.69) is 20.3 Å². The van der Waals surface area contributed by atoms with Gasteiger partial charge in [-0.05, 0) is 49.9 Å². The summed E-state index contributed by atoms with van der Waals surface area (Å²) in [5.74, 6) is -0.872. The lowest BCUT2D eigenvalue weighted by atomic mass is 9.96. The Morgan fingerprint density at radius 1 is 1.18 bits per heavy atom. The fraction of sp³-hybridized carbons (Fsp3) is 0.200. The number of anilines is 2. The van der Waals surface area contributed by atoms with Crippen molar-refractivity contribution in [3.8, 4) is 11.4 Å². The Morgan fingerprint density at radius 2 is 2.00 bits per heavy atom. The van der Waals surface area contributed by atoms with E-state index in [9.17, 15) is 14.3 Å². The van der Waals surface area contributed by atoms with Crippen molar-refractivity contribution in [1.29, 1.82) is 0 Å². The zero-order chi connectivity index (χ0) is 19.7. The first-order chi connectivity index (χ1) is 13.5. The highest BCUT2D eigenvalue weighted by Gasteiger charge is 2.21. The molecular formula is C20H16ClFN4O2. The number of benzene rings is 1. The van der Waals surface area contributed by atoms with Crippen LogP contribution in [0.3, 0.4) is 0 Å². The molecule has 28 heavy (non-hydrogen) atoms. The minimum atomic E-state index is -1.10. The first-order valence-corrected chi connectivity index (χ1v) is 9.20. The van der Waals surface area contributed by atoms with Gasteiger partial charge in [0, 0.05) is 28.7 Å². The maximum absolute atomic E-state index is 14.4. The number of fused-ring (bicyclic) bond motifs is 1. The Hall–Kier alpha value is -3.06. The van der Waals surface area contributed by atoms with Crippen molar-refractivity contribution in [3.05, 3.63) is 64.3 Å².